The third-order valence-electron chi connectivity index (χ3n) is 5.44. The van der Waals surface area contributed by atoms with E-state index in [1.165, 1.54) is 11.8 Å². The van der Waals surface area contributed by atoms with Crippen LogP contribution < -0.4 is 4.90 Å². The van der Waals surface area contributed by atoms with E-state index in [9.17, 15) is 18.0 Å². The van der Waals surface area contributed by atoms with Crippen molar-refractivity contribution in [3.63, 3.8) is 0 Å². The number of carbonyl (C=O) groups is 2. The number of thioether (sulfide) groups is 1. The lowest BCUT2D eigenvalue weighted by atomic mass is 10.1. The van der Waals surface area contributed by atoms with Gasteiger partial charge in [0.25, 0.3) is 10.0 Å². The van der Waals surface area contributed by atoms with Crippen molar-refractivity contribution in [3.8, 4) is 0 Å². The number of carbonyl (C=O) groups excluding carboxylic acids is 2. The molecule has 0 spiro atoms. The fraction of sp³-hybridized carbons (Fsp3) is 0.381. The van der Waals surface area contributed by atoms with Gasteiger partial charge in [0.05, 0.1) is 23.6 Å². The number of amidine groups is 1. The number of hydrogen-bond acceptors (Lipinski definition) is 8. The first-order valence-corrected chi connectivity index (χ1v) is 12.4. The van der Waals surface area contributed by atoms with E-state index in [2.05, 4.69) is 4.40 Å². The summed E-state index contributed by atoms with van der Waals surface area (Å²) in [6.45, 7) is 4.89. The van der Waals surface area contributed by atoms with Crippen molar-refractivity contribution >= 4 is 44.4 Å². The summed E-state index contributed by atoms with van der Waals surface area (Å²) in [4.78, 5) is 27.7. The van der Waals surface area contributed by atoms with Gasteiger partial charge in [-0.25, -0.2) is 13.2 Å². The molecule has 1 aromatic carbocycles. The number of anilines is 1. The monoisotopic (exact) mass is 477 g/mol. The Labute approximate surface area is 190 Å². The van der Waals surface area contributed by atoms with Crippen molar-refractivity contribution in [1.82, 2.24) is 4.57 Å². The lowest BCUT2D eigenvalue weighted by Crippen LogP contribution is -2.35. The maximum Gasteiger partial charge on any atom is 0.338 e. The first-order chi connectivity index (χ1) is 15.2. The molecule has 32 heavy (non-hydrogen) atoms. The molecule has 11 heteroatoms. The number of ketones is 1. The molecule has 2 aliphatic rings. The Balaban J connectivity index is 1.44. The lowest BCUT2D eigenvalue weighted by Gasteiger charge is -2.22. The molecule has 0 saturated carbocycles. The van der Waals surface area contributed by atoms with Gasteiger partial charge in [-0.2, -0.15) is 0 Å². The number of sulfonamides is 1. The molecule has 1 aromatic heterocycles. The van der Waals surface area contributed by atoms with Crippen molar-refractivity contribution in [1.29, 1.82) is 0 Å². The Morgan fingerprint density at radius 1 is 1.22 bits per heavy atom. The van der Waals surface area contributed by atoms with Gasteiger partial charge < -0.3 is 18.9 Å². The highest BCUT2D eigenvalue weighted by molar-refractivity contribution is 8.15. The molecular formula is C21H23N3O6S2. The number of nitrogens with zero attached hydrogens (tertiary/aromatic N) is 3. The largest absolute Gasteiger partial charge is 0.454 e. The summed E-state index contributed by atoms with van der Waals surface area (Å²) in [7, 11) is -1.83. The van der Waals surface area contributed by atoms with Gasteiger partial charge in [-0.05, 0) is 49.9 Å². The molecule has 4 rings (SSSR count). The van der Waals surface area contributed by atoms with Gasteiger partial charge in [-0.3, -0.25) is 4.79 Å². The number of benzene rings is 1. The number of fused-ring (bicyclic) bond motifs is 3. The minimum Gasteiger partial charge on any atom is -0.454 e. The summed E-state index contributed by atoms with van der Waals surface area (Å²) in [5, 5.41) is 0.385. The smallest absolute Gasteiger partial charge is 0.338 e. The molecule has 0 aliphatic carbocycles. The van der Waals surface area contributed by atoms with E-state index in [0.717, 1.165) is 22.0 Å². The van der Waals surface area contributed by atoms with Gasteiger partial charge in [0.2, 0.25) is 5.78 Å². The average molecular weight is 478 g/mol. The SMILES string of the molecule is COCCn1c(C)cc(C(=O)COC(=O)c2ccc3c(c2)SC2=NS(=O)(=O)CCN23)c1C. The summed E-state index contributed by atoms with van der Waals surface area (Å²) in [6, 6.07) is 6.77. The number of ether oxygens (including phenoxy) is 2. The molecule has 0 N–H and O–H groups in total. The Kier molecular flexibility index (Phi) is 6.15. The third kappa shape index (κ3) is 4.32. The van der Waals surface area contributed by atoms with Crippen LogP contribution >= 0.6 is 11.8 Å². The number of hydrogen-bond donors (Lipinski definition) is 0. The molecule has 2 aromatic rings. The second kappa shape index (κ2) is 8.72. The Morgan fingerprint density at radius 3 is 2.75 bits per heavy atom. The average Bonchev–Trinajstić information content (AvgIpc) is 3.24. The summed E-state index contributed by atoms with van der Waals surface area (Å²) in [5.41, 5.74) is 3.36. The minimum absolute atomic E-state index is 0.0471. The fourth-order valence-corrected chi connectivity index (χ4v) is 6.06. The normalized spacial score (nSPS) is 16.3. The van der Waals surface area contributed by atoms with Crippen LogP contribution in [0.5, 0.6) is 0 Å². The van der Waals surface area contributed by atoms with E-state index in [1.54, 1.807) is 31.4 Å². The van der Waals surface area contributed by atoms with Crippen molar-refractivity contribution in [2.45, 2.75) is 25.3 Å². The van der Waals surface area contributed by atoms with Gasteiger partial charge in [-0.15, -0.1) is 4.40 Å². The van der Waals surface area contributed by atoms with Gasteiger partial charge >= 0.3 is 5.97 Å². The fourth-order valence-electron chi connectivity index (χ4n) is 3.76. The van der Waals surface area contributed by atoms with Crippen LogP contribution in [0.2, 0.25) is 0 Å². The molecule has 170 valence electrons. The van der Waals surface area contributed by atoms with Crippen LogP contribution in [-0.4, -0.2) is 62.5 Å². The highest BCUT2D eigenvalue weighted by Gasteiger charge is 2.33. The van der Waals surface area contributed by atoms with Crippen LogP contribution in [0.15, 0.2) is 33.6 Å². The van der Waals surface area contributed by atoms with Crippen LogP contribution in [-0.2, 0) is 26.0 Å². The Hall–Kier alpha value is -2.63. The highest BCUT2D eigenvalue weighted by Crippen LogP contribution is 2.42. The summed E-state index contributed by atoms with van der Waals surface area (Å²) in [6.07, 6.45) is 0. The quantitative estimate of drug-likeness (QED) is 0.442. The summed E-state index contributed by atoms with van der Waals surface area (Å²) >= 11 is 1.20. The molecule has 0 radical (unpaired) electrons. The van der Waals surface area contributed by atoms with Gasteiger partial charge in [0.1, 0.15) is 0 Å². The first-order valence-electron chi connectivity index (χ1n) is 9.98. The molecule has 2 aliphatic heterocycles. The second-order valence-corrected chi connectivity index (χ2v) is 10.3. The number of methoxy groups -OCH3 is 1. The summed E-state index contributed by atoms with van der Waals surface area (Å²) < 4.78 is 39.7. The molecule has 0 atom stereocenters. The van der Waals surface area contributed by atoms with Crippen molar-refractivity contribution < 1.29 is 27.5 Å². The lowest BCUT2D eigenvalue weighted by molar-refractivity contribution is 0.0474. The maximum atomic E-state index is 12.7. The second-order valence-electron chi connectivity index (χ2n) is 7.52. The number of esters is 1. The molecule has 0 amide bonds. The molecule has 3 heterocycles. The van der Waals surface area contributed by atoms with E-state index in [0.29, 0.717) is 30.4 Å². The van der Waals surface area contributed by atoms with Crippen LogP contribution in [0.1, 0.15) is 32.1 Å². The van der Waals surface area contributed by atoms with Crippen LogP contribution in [0.3, 0.4) is 0 Å². The first kappa shape index (κ1) is 22.6. The van der Waals surface area contributed by atoms with E-state index in [4.69, 9.17) is 9.47 Å². The third-order valence-corrected chi connectivity index (χ3v) is 7.74. The predicted octanol–water partition coefficient (Wildman–Crippen LogP) is 2.40. The zero-order valence-electron chi connectivity index (χ0n) is 18.0. The van der Waals surface area contributed by atoms with Crippen molar-refractivity contribution in [3.05, 3.63) is 46.8 Å². The molecular weight excluding hydrogens is 454 g/mol. The van der Waals surface area contributed by atoms with Crippen LogP contribution in [0, 0.1) is 13.8 Å². The molecule has 0 saturated heterocycles. The molecule has 0 unspecified atom stereocenters. The van der Waals surface area contributed by atoms with Crippen LogP contribution in [0.25, 0.3) is 0 Å². The summed E-state index contributed by atoms with van der Waals surface area (Å²) in [5.74, 6) is -0.939. The number of rotatable bonds is 7. The van der Waals surface area contributed by atoms with Gasteiger partial charge in [0, 0.05) is 42.0 Å². The minimum atomic E-state index is -3.45. The maximum absolute atomic E-state index is 12.7. The number of aromatic nitrogens is 1. The van der Waals surface area contributed by atoms with Crippen molar-refractivity contribution in [2.24, 2.45) is 4.40 Å². The number of Topliss-reactive ketones (excluding diaryl/α,β-unsaturated/α-hetero) is 1. The zero-order chi connectivity index (χ0) is 23.0. The highest BCUT2D eigenvalue weighted by atomic mass is 32.2. The molecule has 9 nitrogen and oxygen atoms in total. The number of aryl methyl sites for hydroxylation is 1. The van der Waals surface area contributed by atoms with Gasteiger partial charge in [-0.1, -0.05) is 0 Å². The standard InChI is InChI=1S/C21H23N3O6S2/c1-13-10-16(14(2)23(13)6-8-29-3)18(25)12-30-20(26)15-4-5-17-19(11-15)31-21-22-32(27,28)9-7-24(17)21/h4-5,10-11H,6-9,12H2,1-3H3. The Bertz CT molecular complexity index is 1230. The van der Waals surface area contributed by atoms with E-state index >= 15 is 0 Å². The molecule has 0 fully saturated rings. The van der Waals surface area contributed by atoms with E-state index in [-0.39, 0.29) is 23.7 Å². The van der Waals surface area contributed by atoms with Crippen LogP contribution in [0.4, 0.5) is 5.69 Å². The van der Waals surface area contributed by atoms with Crippen molar-refractivity contribution in [2.75, 3.05) is 37.5 Å². The van der Waals surface area contributed by atoms with Gasteiger partial charge in [0.15, 0.2) is 11.8 Å². The Morgan fingerprint density at radius 2 is 2.00 bits per heavy atom. The topological polar surface area (TPSA) is 107 Å². The van der Waals surface area contributed by atoms with E-state index < -0.39 is 16.0 Å². The molecule has 0 bridgehead atoms. The zero-order valence-corrected chi connectivity index (χ0v) is 19.6. The van der Waals surface area contributed by atoms with E-state index in [1.807, 2.05) is 23.3 Å². The predicted molar refractivity (Wildman–Crippen MR) is 121 cm³/mol.